The molecule has 0 fully saturated rings. The molecular formula is C43H36OSi. The summed E-state index contributed by atoms with van der Waals surface area (Å²) < 4.78 is 0. The quantitative estimate of drug-likeness (QED) is 0.190. The van der Waals surface area contributed by atoms with E-state index in [2.05, 4.69) is 177 Å². The number of aliphatic hydroxyl groups is 1. The number of rotatable bonds is 6. The third-order valence-corrected chi connectivity index (χ3v) is 13.2. The molecule has 1 N–H and O–H groups in total. The topological polar surface area (TPSA) is 20.2 Å². The van der Waals surface area contributed by atoms with Gasteiger partial charge in [0.25, 0.3) is 0 Å². The van der Waals surface area contributed by atoms with Crippen molar-refractivity contribution in [1.82, 2.24) is 0 Å². The molecule has 0 atom stereocenters. The van der Waals surface area contributed by atoms with E-state index in [1.54, 1.807) is 0 Å². The molecular weight excluding hydrogens is 561 g/mol. The smallest absolute Gasteiger partial charge is 0.128 e. The van der Waals surface area contributed by atoms with Crippen LogP contribution >= 0.6 is 0 Å². The molecule has 0 spiro atoms. The van der Waals surface area contributed by atoms with Gasteiger partial charge in [-0.2, -0.15) is 0 Å². The van der Waals surface area contributed by atoms with Gasteiger partial charge in [0.2, 0.25) is 0 Å². The molecule has 2 aliphatic rings. The summed E-state index contributed by atoms with van der Waals surface area (Å²) in [6.07, 6.45) is 0. The molecule has 8 rings (SSSR count). The lowest BCUT2D eigenvalue weighted by Gasteiger charge is -2.46. The summed E-state index contributed by atoms with van der Waals surface area (Å²) in [5.74, 6) is 0. The van der Waals surface area contributed by atoms with Crippen LogP contribution in [0, 0.1) is 0 Å². The zero-order valence-corrected chi connectivity index (χ0v) is 27.0. The summed E-state index contributed by atoms with van der Waals surface area (Å²) in [5.41, 5.74) is 9.76. The molecule has 0 aromatic heterocycles. The first-order valence-electron chi connectivity index (χ1n) is 15.8. The SMILES string of the molecule is C[Si](C)(C)C1(C2(O)C(c3ccccc3)=C(c3ccccc3)C(c3ccccc3)=C2c2ccccc2)c2cc3ccccc3cc21. The highest BCUT2D eigenvalue weighted by atomic mass is 28.3. The third-order valence-electron chi connectivity index (χ3n) is 10.0. The standard InChI is InChI=1S/C43H36OSi/c1-45(2,3)43(36-28-34-26-16-17-27-35(34)29-37(36)43)42(44)40(32-22-12-6-13-23-32)38(30-18-8-4-9-19-30)39(31-20-10-5-11-21-31)41(42)33-24-14-7-15-25-33/h4-29,44H,1-3H3. The van der Waals surface area contributed by atoms with Crippen LogP contribution in [0.15, 0.2) is 158 Å². The Balaban J connectivity index is 1.59. The lowest BCUT2D eigenvalue weighted by molar-refractivity contribution is 0.142. The van der Waals surface area contributed by atoms with Gasteiger partial charge in [-0.25, -0.2) is 0 Å². The van der Waals surface area contributed by atoms with Gasteiger partial charge in [-0.05, 0) is 55.3 Å². The Labute approximate surface area is 266 Å². The van der Waals surface area contributed by atoms with Crippen molar-refractivity contribution >= 4 is 41.1 Å². The van der Waals surface area contributed by atoms with Gasteiger partial charge in [-0.15, -0.1) is 0 Å². The molecule has 0 heterocycles. The van der Waals surface area contributed by atoms with Crippen LogP contribution < -0.4 is 0 Å². The number of allylic oxidation sites excluding steroid dienone is 2. The normalized spacial score (nSPS) is 16.6. The zero-order valence-electron chi connectivity index (χ0n) is 26.0. The second-order valence-corrected chi connectivity index (χ2v) is 18.7. The van der Waals surface area contributed by atoms with Crippen LogP contribution in [0.2, 0.25) is 19.6 Å². The first-order chi connectivity index (χ1) is 21.9. The summed E-state index contributed by atoms with van der Waals surface area (Å²) in [5, 5.41) is 16.3. The van der Waals surface area contributed by atoms with Crippen molar-refractivity contribution in [3.05, 3.63) is 191 Å². The molecule has 0 unspecified atom stereocenters. The van der Waals surface area contributed by atoms with Crippen LogP contribution in [0.4, 0.5) is 0 Å². The minimum Gasteiger partial charge on any atom is -0.379 e. The Hall–Kier alpha value is -4.76. The number of hydrogen-bond acceptors (Lipinski definition) is 1. The molecule has 1 nitrogen and oxygen atoms in total. The van der Waals surface area contributed by atoms with Gasteiger partial charge >= 0.3 is 0 Å². The van der Waals surface area contributed by atoms with Gasteiger partial charge in [-0.1, -0.05) is 177 Å². The van der Waals surface area contributed by atoms with Crippen molar-refractivity contribution in [1.29, 1.82) is 0 Å². The van der Waals surface area contributed by atoms with Gasteiger partial charge in [0.1, 0.15) is 5.60 Å². The van der Waals surface area contributed by atoms with Gasteiger partial charge < -0.3 is 5.11 Å². The van der Waals surface area contributed by atoms with Crippen LogP contribution in [0.25, 0.3) is 33.1 Å². The van der Waals surface area contributed by atoms with E-state index in [0.29, 0.717) is 0 Å². The van der Waals surface area contributed by atoms with Crippen LogP contribution in [-0.2, 0) is 5.04 Å². The van der Waals surface area contributed by atoms with Gasteiger partial charge in [0.05, 0.1) is 13.1 Å². The fourth-order valence-corrected chi connectivity index (χ4v) is 11.6. The summed E-state index contributed by atoms with van der Waals surface area (Å²) >= 11 is 0. The van der Waals surface area contributed by atoms with Crippen LogP contribution in [0.3, 0.4) is 0 Å². The Morgan fingerprint density at radius 3 is 1.07 bits per heavy atom. The van der Waals surface area contributed by atoms with Gasteiger partial charge in [0.15, 0.2) is 0 Å². The predicted octanol–water partition coefficient (Wildman–Crippen LogP) is 10.3. The molecule has 0 aliphatic heterocycles. The highest BCUT2D eigenvalue weighted by Crippen LogP contribution is 2.72. The molecule has 0 amide bonds. The number of fused-ring (bicyclic) bond motifs is 2. The Bertz CT molecular complexity index is 1980. The van der Waals surface area contributed by atoms with Gasteiger partial charge in [-0.3, -0.25) is 0 Å². The molecule has 0 bridgehead atoms. The maximum absolute atomic E-state index is 14.5. The van der Waals surface area contributed by atoms with E-state index in [1.165, 1.54) is 21.9 Å². The average molecular weight is 597 g/mol. The summed E-state index contributed by atoms with van der Waals surface area (Å²) in [7, 11) is -2.24. The largest absolute Gasteiger partial charge is 0.379 e. The lowest BCUT2D eigenvalue weighted by Crippen LogP contribution is -2.57. The Morgan fingerprint density at radius 2 is 0.733 bits per heavy atom. The Kier molecular flexibility index (Phi) is 6.25. The fourth-order valence-electron chi connectivity index (χ4n) is 8.33. The molecule has 218 valence electrons. The van der Waals surface area contributed by atoms with Crippen LogP contribution in [0.5, 0.6) is 0 Å². The maximum atomic E-state index is 14.5. The van der Waals surface area contributed by atoms with Gasteiger partial charge in [0, 0.05) is 11.1 Å². The van der Waals surface area contributed by atoms with Crippen LogP contribution in [-0.4, -0.2) is 18.8 Å². The molecule has 6 aromatic rings. The molecule has 2 heteroatoms. The van der Waals surface area contributed by atoms with Crippen molar-refractivity contribution in [3.63, 3.8) is 0 Å². The predicted molar refractivity (Wildman–Crippen MR) is 192 cm³/mol. The van der Waals surface area contributed by atoms with E-state index in [4.69, 9.17) is 0 Å². The van der Waals surface area contributed by atoms with E-state index in [1.807, 2.05) is 0 Å². The average Bonchev–Trinajstić information content (AvgIpc) is 3.67. The maximum Gasteiger partial charge on any atom is 0.128 e. The van der Waals surface area contributed by atoms with E-state index in [0.717, 1.165) is 44.5 Å². The molecule has 0 saturated heterocycles. The third kappa shape index (κ3) is 3.89. The number of benzene rings is 6. The minimum absolute atomic E-state index is 0.550. The summed E-state index contributed by atoms with van der Waals surface area (Å²) in [6.45, 7) is 7.30. The van der Waals surface area contributed by atoms with Crippen molar-refractivity contribution < 1.29 is 5.11 Å². The van der Waals surface area contributed by atoms with Crippen LogP contribution in [0.1, 0.15) is 33.4 Å². The molecule has 0 saturated carbocycles. The van der Waals surface area contributed by atoms with Crippen molar-refractivity contribution in [2.45, 2.75) is 30.3 Å². The van der Waals surface area contributed by atoms with E-state index in [-0.39, 0.29) is 0 Å². The van der Waals surface area contributed by atoms with E-state index < -0.39 is 18.7 Å². The molecule has 45 heavy (non-hydrogen) atoms. The van der Waals surface area contributed by atoms with Crippen molar-refractivity contribution in [2.75, 3.05) is 0 Å². The second-order valence-electron chi connectivity index (χ2n) is 13.4. The first kappa shape index (κ1) is 27.8. The highest BCUT2D eigenvalue weighted by molar-refractivity contribution is 6.82. The molecule has 2 aliphatic carbocycles. The molecule has 6 aromatic carbocycles. The first-order valence-corrected chi connectivity index (χ1v) is 19.3. The second kappa shape index (κ2) is 10.1. The summed E-state index contributed by atoms with van der Waals surface area (Å²) in [4.78, 5) is 0. The van der Waals surface area contributed by atoms with E-state index >= 15 is 0 Å². The lowest BCUT2D eigenvalue weighted by atomic mass is 9.76. The highest BCUT2D eigenvalue weighted by Gasteiger charge is 2.74. The van der Waals surface area contributed by atoms with Crippen molar-refractivity contribution in [2.24, 2.45) is 0 Å². The molecule has 0 radical (unpaired) electrons. The summed E-state index contributed by atoms with van der Waals surface area (Å²) in [6, 6.07) is 56.0. The monoisotopic (exact) mass is 596 g/mol. The Morgan fingerprint density at radius 1 is 0.422 bits per heavy atom. The van der Waals surface area contributed by atoms with Crippen molar-refractivity contribution in [3.8, 4) is 0 Å². The number of hydrogen-bond donors (Lipinski definition) is 1. The minimum atomic E-state index is -2.24. The fraction of sp³-hybridized carbons (Fsp3) is 0.116. The van der Waals surface area contributed by atoms with E-state index in [9.17, 15) is 5.11 Å². The zero-order chi connectivity index (χ0) is 30.8.